The number of methoxy groups -OCH3 is 2. The van der Waals surface area contributed by atoms with Gasteiger partial charge in [0.05, 0.1) is 38.0 Å². The van der Waals surface area contributed by atoms with Crippen LogP contribution in [0.4, 0.5) is 20.3 Å². The van der Waals surface area contributed by atoms with Crippen molar-refractivity contribution in [2.24, 2.45) is 7.05 Å². The predicted octanol–water partition coefficient (Wildman–Crippen LogP) is 4.45. The van der Waals surface area contributed by atoms with Crippen LogP contribution in [-0.4, -0.2) is 43.9 Å². The van der Waals surface area contributed by atoms with E-state index in [2.05, 4.69) is 20.1 Å². The molecule has 0 aliphatic carbocycles. The molecule has 36 heavy (non-hydrogen) atoms. The van der Waals surface area contributed by atoms with Crippen LogP contribution < -0.4 is 14.4 Å². The number of aromatic nitrogens is 6. The third-order valence-electron chi connectivity index (χ3n) is 5.58. The molecular weight excluding hydrogens is 468 g/mol. The predicted molar refractivity (Wildman–Crippen MR) is 129 cm³/mol. The number of halogens is 2. The summed E-state index contributed by atoms with van der Waals surface area (Å²) in [7, 11) is 4.41. The summed E-state index contributed by atoms with van der Waals surface area (Å²) in [6, 6.07) is 8.02. The molecule has 0 saturated carbocycles. The molecule has 4 aromatic heterocycles. The topological polar surface area (TPSA) is 91.1 Å². The summed E-state index contributed by atoms with van der Waals surface area (Å²) in [5.74, 6) is -1.57. The third-order valence-corrected chi connectivity index (χ3v) is 5.58. The van der Waals surface area contributed by atoms with Gasteiger partial charge in [-0.3, -0.25) is 9.67 Å². The van der Waals surface area contributed by atoms with Gasteiger partial charge in [-0.25, -0.2) is 23.7 Å². The van der Waals surface area contributed by atoms with Gasteiger partial charge in [0.1, 0.15) is 17.3 Å². The van der Waals surface area contributed by atoms with Gasteiger partial charge in [0.25, 0.3) is 0 Å². The van der Waals surface area contributed by atoms with Gasteiger partial charge in [0, 0.05) is 49.0 Å². The van der Waals surface area contributed by atoms with Crippen molar-refractivity contribution in [3.63, 3.8) is 0 Å². The highest BCUT2D eigenvalue weighted by atomic mass is 19.1. The molecule has 1 aromatic carbocycles. The second-order valence-electron chi connectivity index (χ2n) is 7.84. The summed E-state index contributed by atoms with van der Waals surface area (Å²) in [5, 5.41) is 4.20. The van der Waals surface area contributed by atoms with Crippen molar-refractivity contribution in [2.45, 2.75) is 6.54 Å². The minimum absolute atomic E-state index is 0.0702. The van der Waals surface area contributed by atoms with Crippen LogP contribution in [0.5, 0.6) is 11.5 Å². The van der Waals surface area contributed by atoms with Crippen molar-refractivity contribution in [1.82, 2.24) is 29.7 Å². The van der Waals surface area contributed by atoms with E-state index in [0.717, 1.165) is 17.2 Å². The zero-order chi connectivity index (χ0) is 25.2. The normalized spacial score (nSPS) is 11.0. The van der Waals surface area contributed by atoms with Crippen LogP contribution in [0.15, 0.2) is 61.3 Å². The number of pyridine rings is 2. The van der Waals surface area contributed by atoms with Gasteiger partial charge < -0.3 is 14.4 Å². The van der Waals surface area contributed by atoms with E-state index in [0.29, 0.717) is 16.9 Å². The van der Waals surface area contributed by atoms with Gasteiger partial charge in [-0.1, -0.05) is 0 Å². The molecule has 0 atom stereocenters. The monoisotopic (exact) mass is 489 g/mol. The van der Waals surface area contributed by atoms with Crippen LogP contribution in [0, 0.1) is 11.6 Å². The molecule has 0 bridgehead atoms. The fourth-order valence-corrected chi connectivity index (χ4v) is 3.81. The molecule has 0 spiro atoms. The fraction of sp³-hybridized carbons (Fsp3) is 0.160. The number of hydrogen-bond acceptors (Lipinski definition) is 8. The Morgan fingerprint density at radius 1 is 0.889 bits per heavy atom. The van der Waals surface area contributed by atoms with Crippen molar-refractivity contribution in [3.05, 3.63) is 78.8 Å². The summed E-state index contributed by atoms with van der Waals surface area (Å²) < 4.78 is 43.0. The van der Waals surface area contributed by atoms with Gasteiger partial charge in [0.2, 0.25) is 0 Å². The second kappa shape index (κ2) is 9.53. The molecule has 0 N–H and O–H groups in total. The number of ether oxygens (including phenoxy) is 2. The first kappa shape index (κ1) is 23.1. The molecule has 5 aromatic rings. The van der Waals surface area contributed by atoms with E-state index in [1.54, 1.807) is 47.7 Å². The third kappa shape index (κ3) is 4.26. The molecular formula is C25H21F2N7O2. The van der Waals surface area contributed by atoms with Crippen LogP contribution >= 0.6 is 0 Å². The van der Waals surface area contributed by atoms with Crippen LogP contribution in [0.2, 0.25) is 0 Å². The van der Waals surface area contributed by atoms with Crippen LogP contribution in [0.25, 0.3) is 22.2 Å². The first-order chi connectivity index (χ1) is 17.5. The Hall–Kier alpha value is -4.67. The van der Waals surface area contributed by atoms with Crippen molar-refractivity contribution < 1.29 is 18.3 Å². The average molecular weight is 489 g/mol. The van der Waals surface area contributed by atoms with Crippen molar-refractivity contribution in [2.75, 3.05) is 19.1 Å². The van der Waals surface area contributed by atoms with Gasteiger partial charge in [-0.05, 0) is 24.3 Å². The Labute approximate surface area is 205 Å². The molecule has 0 saturated heterocycles. The molecule has 9 nitrogen and oxygen atoms in total. The zero-order valence-electron chi connectivity index (χ0n) is 19.7. The number of fused-ring (bicyclic) bond motifs is 1. The SMILES string of the molecule is COc1cc(OC)c(F)c(N(Cc2ncccn2)c2ccc3ncc(-c4cnn(C)c4)cc3n2)c1F. The molecule has 0 fully saturated rings. The molecule has 4 heterocycles. The molecule has 11 heteroatoms. The van der Waals surface area contributed by atoms with Crippen LogP contribution in [0.3, 0.4) is 0 Å². The minimum Gasteiger partial charge on any atom is -0.493 e. The summed E-state index contributed by atoms with van der Waals surface area (Å²) in [5.41, 5.74) is 2.42. The summed E-state index contributed by atoms with van der Waals surface area (Å²) >= 11 is 0. The lowest BCUT2D eigenvalue weighted by molar-refractivity contribution is 0.358. The fourth-order valence-electron chi connectivity index (χ4n) is 3.81. The van der Waals surface area contributed by atoms with Gasteiger partial charge >= 0.3 is 0 Å². The molecule has 0 amide bonds. The van der Waals surface area contributed by atoms with Gasteiger partial charge in [0.15, 0.2) is 23.1 Å². The average Bonchev–Trinajstić information content (AvgIpc) is 3.34. The van der Waals surface area contributed by atoms with Crippen molar-refractivity contribution >= 4 is 22.5 Å². The Bertz CT molecular complexity index is 1510. The van der Waals surface area contributed by atoms with Gasteiger partial charge in [-0.15, -0.1) is 0 Å². The Morgan fingerprint density at radius 2 is 1.61 bits per heavy atom. The lowest BCUT2D eigenvalue weighted by Gasteiger charge is -2.25. The van der Waals surface area contributed by atoms with E-state index in [1.165, 1.54) is 19.1 Å². The number of hydrogen-bond donors (Lipinski definition) is 0. The summed E-state index contributed by atoms with van der Waals surface area (Å²) in [4.78, 5) is 19.0. The Kier molecular flexibility index (Phi) is 6.11. The maximum atomic E-state index is 15.5. The van der Waals surface area contributed by atoms with Crippen molar-refractivity contribution in [1.29, 1.82) is 0 Å². The number of anilines is 2. The van der Waals surface area contributed by atoms with E-state index in [1.807, 2.05) is 19.3 Å². The number of nitrogens with zero attached hydrogens (tertiary/aromatic N) is 7. The maximum absolute atomic E-state index is 15.5. The number of rotatable bonds is 7. The largest absolute Gasteiger partial charge is 0.493 e. The maximum Gasteiger partial charge on any atom is 0.191 e. The summed E-state index contributed by atoms with van der Waals surface area (Å²) in [6.45, 7) is -0.0702. The van der Waals surface area contributed by atoms with E-state index >= 15 is 8.78 Å². The zero-order valence-corrected chi connectivity index (χ0v) is 19.7. The smallest absolute Gasteiger partial charge is 0.191 e. The first-order valence-electron chi connectivity index (χ1n) is 10.9. The van der Waals surface area contributed by atoms with E-state index < -0.39 is 17.3 Å². The molecule has 0 aliphatic rings. The van der Waals surface area contributed by atoms with E-state index in [-0.39, 0.29) is 23.9 Å². The number of aryl methyl sites for hydroxylation is 1. The molecule has 0 aliphatic heterocycles. The van der Waals surface area contributed by atoms with Crippen molar-refractivity contribution in [3.8, 4) is 22.6 Å². The van der Waals surface area contributed by atoms with E-state index in [4.69, 9.17) is 14.5 Å². The lowest BCUT2D eigenvalue weighted by Crippen LogP contribution is -2.22. The second-order valence-corrected chi connectivity index (χ2v) is 7.84. The highest BCUT2D eigenvalue weighted by Crippen LogP contribution is 2.40. The Balaban J connectivity index is 1.69. The molecule has 182 valence electrons. The number of benzene rings is 1. The molecule has 0 radical (unpaired) electrons. The highest BCUT2D eigenvalue weighted by molar-refractivity contribution is 5.82. The highest BCUT2D eigenvalue weighted by Gasteiger charge is 2.27. The van der Waals surface area contributed by atoms with Crippen LogP contribution in [0.1, 0.15) is 5.82 Å². The standard InChI is InChI=1S/C25H21F2N7O2/c1-33-13-16(12-31-33)15-9-18-17(30-11-15)5-6-22(32-18)34(14-21-28-7-4-8-29-21)25-23(26)19(35-2)10-20(36-3)24(25)27/h4-13H,14H2,1-3H3. The molecule has 5 rings (SSSR count). The minimum atomic E-state index is -0.907. The quantitative estimate of drug-likeness (QED) is 0.331. The summed E-state index contributed by atoms with van der Waals surface area (Å²) in [6.07, 6.45) is 8.41. The Morgan fingerprint density at radius 3 is 2.25 bits per heavy atom. The van der Waals surface area contributed by atoms with E-state index in [9.17, 15) is 0 Å². The lowest BCUT2D eigenvalue weighted by atomic mass is 10.1. The first-order valence-corrected chi connectivity index (χ1v) is 10.9. The van der Waals surface area contributed by atoms with Crippen LogP contribution in [-0.2, 0) is 13.6 Å². The molecule has 0 unspecified atom stereocenters. The van der Waals surface area contributed by atoms with Gasteiger partial charge in [-0.2, -0.15) is 5.10 Å².